The number of rotatable bonds is 5. The fraction of sp³-hybridized carbons (Fsp3) is 0.375. The molecule has 128 valence electrons. The van der Waals surface area contributed by atoms with Gasteiger partial charge in [-0.1, -0.05) is 26.0 Å². The number of ether oxygens (including phenoxy) is 1. The van der Waals surface area contributed by atoms with Crippen molar-refractivity contribution in [1.29, 1.82) is 0 Å². The fourth-order valence-electron chi connectivity index (χ4n) is 2.35. The summed E-state index contributed by atoms with van der Waals surface area (Å²) < 4.78 is 5.26. The zero-order valence-corrected chi connectivity index (χ0v) is 13.7. The van der Waals surface area contributed by atoms with Crippen LogP contribution in [0.5, 0.6) is 0 Å². The summed E-state index contributed by atoms with van der Waals surface area (Å²) in [7, 11) is 0. The van der Waals surface area contributed by atoms with Crippen molar-refractivity contribution in [3.63, 3.8) is 0 Å². The Morgan fingerprint density at radius 1 is 1.42 bits per heavy atom. The normalized spacial score (nSPS) is 17.3. The van der Waals surface area contributed by atoms with E-state index in [1.165, 1.54) is 18.2 Å². The van der Waals surface area contributed by atoms with Crippen molar-refractivity contribution in [3.05, 3.63) is 51.2 Å². The van der Waals surface area contributed by atoms with Gasteiger partial charge in [0.2, 0.25) is 0 Å². The number of esters is 1. The molecule has 0 saturated carbocycles. The third-order valence-electron chi connectivity index (χ3n) is 3.45. The summed E-state index contributed by atoms with van der Waals surface area (Å²) in [5.74, 6) is -0.400. The number of non-ortho nitro benzene ring substituents is 1. The number of benzene rings is 1. The summed E-state index contributed by atoms with van der Waals surface area (Å²) in [6.45, 7) is 5.65. The summed E-state index contributed by atoms with van der Waals surface area (Å²) in [5.41, 5.74) is 0.919. The number of hydrogen-bond acceptors (Lipinski definition) is 5. The first kappa shape index (κ1) is 17.5. The molecule has 8 heteroatoms. The minimum Gasteiger partial charge on any atom is -0.462 e. The lowest BCUT2D eigenvalue weighted by atomic mass is 9.95. The van der Waals surface area contributed by atoms with Crippen LogP contribution in [0.3, 0.4) is 0 Å². The number of nitrogens with zero attached hydrogens (tertiary/aromatic N) is 1. The molecule has 1 atom stereocenters. The number of allylic oxidation sites excluding steroid dienone is 1. The molecule has 1 aromatic rings. The molecule has 1 heterocycles. The van der Waals surface area contributed by atoms with E-state index in [0.29, 0.717) is 11.3 Å². The Balaban J connectivity index is 2.39. The Labute approximate surface area is 139 Å². The molecular weight excluding hydrogens is 314 g/mol. The van der Waals surface area contributed by atoms with Crippen molar-refractivity contribution in [2.24, 2.45) is 5.92 Å². The lowest BCUT2D eigenvalue weighted by Crippen LogP contribution is -2.45. The Hall–Kier alpha value is -2.90. The number of urea groups is 1. The summed E-state index contributed by atoms with van der Waals surface area (Å²) in [6, 6.07) is 4.52. The highest BCUT2D eigenvalue weighted by Crippen LogP contribution is 2.29. The van der Waals surface area contributed by atoms with E-state index in [2.05, 4.69) is 10.6 Å². The number of hydrogen-bond donors (Lipinski definition) is 2. The molecule has 0 fully saturated rings. The van der Waals surface area contributed by atoms with Gasteiger partial charge in [0.15, 0.2) is 0 Å². The van der Waals surface area contributed by atoms with Crippen molar-refractivity contribution in [2.45, 2.75) is 26.8 Å². The molecule has 0 unspecified atom stereocenters. The Bertz CT molecular complexity index is 711. The van der Waals surface area contributed by atoms with Crippen molar-refractivity contribution in [3.8, 4) is 0 Å². The van der Waals surface area contributed by atoms with Gasteiger partial charge in [0.25, 0.3) is 5.69 Å². The monoisotopic (exact) mass is 333 g/mol. The van der Waals surface area contributed by atoms with Crippen molar-refractivity contribution < 1.29 is 19.2 Å². The van der Waals surface area contributed by atoms with Crippen LogP contribution >= 0.6 is 0 Å². The van der Waals surface area contributed by atoms with Gasteiger partial charge in [-0.15, -0.1) is 0 Å². The van der Waals surface area contributed by atoms with Crippen LogP contribution in [-0.4, -0.2) is 23.5 Å². The summed E-state index contributed by atoms with van der Waals surface area (Å²) in [6.07, 6.45) is 0. The van der Waals surface area contributed by atoms with Gasteiger partial charge in [-0.25, -0.2) is 9.59 Å². The van der Waals surface area contributed by atoms with Crippen molar-refractivity contribution in [1.82, 2.24) is 10.6 Å². The number of carbonyl (C=O) groups is 2. The van der Waals surface area contributed by atoms with Gasteiger partial charge in [-0.05, 0) is 18.4 Å². The predicted octanol–water partition coefficient (Wildman–Crippen LogP) is 2.42. The van der Waals surface area contributed by atoms with E-state index in [-0.39, 0.29) is 23.8 Å². The minimum atomic E-state index is -0.807. The average molecular weight is 333 g/mol. The third kappa shape index (κ3) is 3.89. The molecule has 0 bridgehead atoms. The highest BCUT2D eigenvalue weighted by atomic mass is 16.6. The van der Waals surface area contributed by atoms with Crippen LogP contribution in [-0.2, 0) is 9.53 Å². The molecule has 24 heavy (non-hydrogen) atoms. The molecule has 2 amide bonds. The molecule has 1 aromatic carbocycles. The molecule has 2 rings (SSSR count). The molecule has 1 aliphatic heterocycles. The lowest BCUT2D eigenvalue weighted by molar-refractivity contribution is -0.384. The predicted molar refractivity (Wildman–Crippen MR) is 86.0 cm³/mol. The largest absolute Gasteiger partial charge is 0.462 e. The molecule has 0 spiro atoms. The number of nitrogens with one attached hydrogen (secondary N) is 2. The standard InChI is InChI=1S/C16H19N3O5/c1-9(2)8-24-15(20)13-10(3)17-16(21)18-14(13)11-5-4-6-12(7-11)19(22)23/h4-7,9,14H,8H2,1-3H3,(H2,17,18,21)/t14-/m1/s1. The van der Waals surface area contributed by atoms with Crippen molar-refractivity contribution in [2.75, 3.05) is 6.61 Å². The zero-order valence-electron chi connectivity index (χ0n) is 13.7. The van der Waals surface area contributed by atoms with E-state index in [9.17, 15) is 19.7 Å². The molecule has 2 N–H and O–H groups in total. The van der Waals surface area contributed by atoms with Gasteiger partial charge in [0.1, 0.15) is 0 Å². The SMILES string of the molecule is CC1=C(C(=O)OCC(C)C)[C@@H](c2cccc([N+](=O)[O-])c2)NC(=O)N1. The van der Waals surface area contributed by atoms with E-state index in [4.69, 9.17) is 4.74 Å². The van der Waals surface area contributed by atoms with Gasteiger partial charge in [0, 0.05) is 17.8 Å². The number of nitro benzene ring substituents is 1. The maximum atomic E-state index is 12.4. The van der Waals surface area contributed by atoms with Crippen LogP contribution in [0.15, 0.2) is 35.5 Å². The maximum absolute atomic E-state index is 12.4. The van der Waals surface area contributed by atoms with Gasteiger partial charge in [-0.2, -0.15) is 0 Å². The van der Waals surface area contributed by atoms with Crippen molar-refractivity contribution >= 4 is 17.7 Å². The van der Waals surface area contributed by atoms with Crippen LogP contribution in [0.1, 0.15) is 32.4 Å². The summed E-state index contributed by atoms with van der Waals surface area (Å²) >= 11 is 0. The minimum absolute atomic E-state index is 0.118. The first-order valence-corrected chi connectivity index (χ1v) is 7.49. The number of carbonyl (C=O) groups excluding carboxylic acids is 2. The van der Waals surface area contributed by atoms with E-state index in [1.807, 2.05) is 13.8 Å². The molecule has 8 nitrogen and oxygen atoms in total. The second-order valence-corrected chi connectivity index (χ2v) is 5.91. The first-order valence-electron chi connectivity index (χ1n) is 7.49. The zero-order chi connectivity index (χ0) is 17.9. The maximum Gasteiger partial charge on any atom is 0.338 e. The number of amides is 2. The quantitative estimate of drug-likeness (QED) is 0.488. The fourth-order valence-corrected chi connectivity index (χ4v) is 2.35. The van der Waals surface area contributed by atoms with E-state index in [0.717, 1.165) is 0 Å². The first-order chi connectivity index (χ1) is 11.3. The molecular formula is C16H19N3O5. The highest BCUT2D eigenvalue weighted by molar-refractivity contribution is 5.95. The second-order valence-electron chi connectivity index (χ2n) is 5.91. The highest BCUT2D eigenvalue weighted by Gasteiger charge is 2.32. The van der Waals surface area contributed by atoms with E-state index >= 15 is 0 Å². The van der Waals surface area contributed by atoms with E-state index < -0.39 is 23.0 Å². The molecule has 1 aliphatic rings. The smallest absolute Gasteiger partial charge is 0.338 e. The van der Waals surface area contributed by atoms with Gasteiger partial charge in [-0.3, -0.25) is 10.1 Å². The van der Waals surface area contributed by atoms with Crippen LogP contribution in [0, 0.1) is 16.0 Å². The lowest BCUT2D eigenvalue weighted by Gasteiger charge is -2.28. The molecule has 0 aliphatic carbocycles. The van der Waals surface area contributed by atoms with Crippen LogP contribution in [0.2, 0.25) is 0 Å². The molecule has 0 saturated heterocycles. The van der Waals surface area contributed by atoms with Gasteiger partial charge >= 0.3 is 12.0 Å². The molecule has 0 aromatic heterocycles. The second kappa shape index (κ2) is 7.12. The summed E-state index contributed by atoms with van der Waals surface area (Å²) in [5, 5.41) is 16.1. The third-order valence-corrected chi connectivity index (χ3v) is 3.45. The van der Waals surface area contributed by atoms with Crippen LogP contribution in [0.4, 0.5) is 10.5 Å². The average Bonchev–Trinajstić information content (AvgIpc) is 2.52. The summed E-state index contributed by atoms with van der Waals surface area (Å²) in [4.78, 5) is 34.6. The number of nitro groups is 1. The van der Waals surface area contributed by atoms with Gasteiger partial charge < -0.3 is 15.4 Å². The van der Waals surface area contributed by atoms with E-state index in [1.54, 1.807) is 13.0 Å². The van der Waals surface area contributed by atoms with Gasteiger partial charge in [0.05, 0.1) is 23.1 Å². The topological polar surface area (TPSA) is 111 Å². The molecule has 0 radical (unpaired) electrons. The Morgan fingerprint density at radius 3 is 2.75 bits per heavy atom. The Morgan fingerprint density at radius 2 is 2.12 bits per heavy atom. The van der Waals surface area contributed by atoms with Crippen LogP contribution < -0.4 is 10.6 Å². The van der Waals surface area contributed by atoms with Crippen LogP contribution in [0.25, 0.3) is 0 Å². The Kier molecular flexibility index (Phi) is 5.18.